The standard InChI is InChI=1S/C23H25ClN2O3S/c1-17-9-11-25(12-10-17)23(27)15-26-14-22(20-7-2-3-8-21(20)26)30(28,29)16-18-5-4-6-19(24)13-18/h2-8,13-14,17H,9-12,15-16H2,1H3. The molecule has 5 nitrogen and oxygen atoms in total. The van der Waals surface area contributed by atoms with Gasteiger partial charge in [0.05, 0.1) is 10.6 Å². The second-order valence-electron chi connectivity index (χ2n) is 8.09. The largest absolute Gasteiger partial charge is 0.341 e. The fourth-order valence-electron chi connectivity index (χ4n) is 4.02. The highest BCUT2D eigenvalue weighted by Gasteiger charge is 2.25. The van der Waals surface area contributed by atoms with Gasteiger partial charge in [-0.2, -0.15) is 0 Å². The van der Waals surface area contributed by atoms with Gasteiger partial charge in [0.15, 0.2) is 9.84 Å². The van der Waals surface area contributed by atoms with Crippen LogP contribution in [0.2, 0.25) is 5.02 Å². The van der Waals surface area contributed by atoms with E-state index in [1.807, 2.05) is 23.1 Å². The Morgan fingerprint density at radius 3 is 2.57 bits per heavy atom. The van der Waals surface area contributed by atoms with E-state index in [0.717, 1.165) is 31.4 Å². The van der Waals surface area contributed by atoms with E-state index >= 15 is 0 Å². The van der Waals surface area contributed by atoms with Crippen LogP contribution >= 0.6 is 11.6 Å². The Kier molecular flexibility index (Phi) is 5.89. The van der Waals surface area contributed by atoms with E-state index in [2.05, 4.69) is 6.92 Å². The second-order valence-corrected chi connectivity index (χ2v) is 10.5. The first-order chi connectivity index (χ1) is 14.3. The summed E-state index contributed by atoms with van der Waals surface area (Å²) in [4.78, 5) is 15.0. The molecule has 7 heteroatoms. The number of rotatable bonds is 5. The number of carbonyl (C=O) groups excluding carboxylic acids is 1. The lowest BCUT2D eigenvalue weighted by molar-refractivity contribution is -0.133. The summed E-state index contributed by atoms with van der Waals surface area (Å²) in [6.07, 6.45) is 3.63. The minimum Gasteiger partial charge on any atom is -0.341 e. The summed E-state index contributed by atoms with van der Waals surface area (Å²) >= 11 is 6.02. The normalized spacial score (nSPS) is 15.6. The lowest BCUT2D eigenvalue weighted by Gasteiger charge is -2.30. The van der Waals surface area contributed by atoms with E-state index in [-0.39, 0.29) is 23.1 Å². The summed E-state index contributed by atoms with van der Waals surface area (Å²) in [5, 5.41) is 1.14. The molecule has 1 fully saturated rings. The molecule has 0 aliphatic carbocycles. The van der Waals surface area contributed by atoms with E-state index in [1.165, 1.54) is 0 Å². The predicted octanol–water partition coefficient (Wildman–Crippen LogP) is 4.53. The van der Waals surface area contributed by atoms with Gasteiger partial charge in [0.2, 0.25) is 5.91 Å². The molecule has 0 radical (unpaired) electrons. The third kappa shape index (κ3) is 4.40. The lowest BCUT2D eigenvalue weighted by Crippen LogP contribution is -2.39. The van der Waals surface area contributed by atoms with Gasteiger partial charge in [0.25, 0.3) is 0 Å². The summed E-state index contributed by atoms with van der Waals surface area (Å²) in [6, 6.07) is 14.2. The quantitative estimate of drug-likeness (QED) is 0.581. The molecule has 1 saturated heterocycles. The number of amides is 1. The second kappa shape index (κ2) is 8.44. The molecule has 0 bridgehead atoms. The fraction of sp³-hybridized carbons (Fsp3) is 0.348. The van der Waals surface area contributed by atoms with Crippen LogP contribution in [-0.2, 0) is 26.9 Å². The zero-order valence-electron chi connectivity index (χ0n) is 16.9. The molecule has 1 aliphatic heterocycles. The van der Waals surface area contributed by atoms with Crippen LogP contribution in [0.1, 0.15) is 25.3 Å². The van der Waals surface area contributed by atoms with Gasteiger partial charge in [0.1, 0.15) is 6.54 Å². The molecule has 1 amide bonds. The highest BCUT2D eigenvalue weighted by Crippen LogP contribution is 2.29. The SMILES string of the molecule is CC1CCN(C(=O)Cn2cc(S(=O)(=O)Cc3cccc(Cl)c3)c3ccccc32)CC1. The Labute approximate surface area is 182 Å². The van der Waals surface area contributed by atoms with Crippen LogP contribution in [0, 0.1) is 5.92 Å². The maximum atomic E-state index is 13.2. The average Bonchev–Trinajstić information content (AvgIpc) is 3.08. The van der Waals surface area contributed by atoms with Crippen molar-refractivity contribution in [2.45, 2.75) is 37.0 Å². The van der Waals surface area contributed by atoms with Gasteiger partial charge < -0.3 is 9.47 Å². The average molecular weight is 445 g/mol. The van der Waals surface area contributed by atoms with Crippen LogP contribution in [-0.4, -0.2) is 36.9 Å². The van der Waals surface area contributed by atoms with Crippen molar-refractivity contribution in [3.05, 3.63) is 65.3 Å². The van der Waals surface area contributed by atoms with Crippen molar-refractivity contribution < 1.29 is 13.2 Å². The molecule has 4 rings (SSSR count). The summed E-state index contributed by atoms with van der Waals surface area (Å²) in [5.41, 5.74) is 1.39. The van der Waals surface area contributed by atoms with Crippen LogP contribution in [0.3, 0.4) is 0 Å². The number of halogens is 1. The van der Waals surface area contributed by atoms with Crippen molar-refractivity contribution in [2.24, 2.45) is 5.92 Å². The van der Waals surface area contributed by atoms with Crippen molar-refractivity contribution in [3.63, 3.8) is 0 Å². The van der Waals surface area contributed by atoms with Crippen LogP contribution in [0.15, 0.2) is 59.6 Å². The summed E-state index contributed by atoms with van der Waals surface area (Å²) < 4.78 is 28.2. The molecule has 30 heavy (non-hydrogen) atoms. The number of carbonyl (C=O) groups is 1. The number of hydrogen-bond donors (Lipinski definition) is 0. The number of benzene rings is 2. The minimum atomic E-state index is -3.61. The topological polar surface area (TPSA) is 59.4 Å². The molecule has 0 spiro atoms. The van der Waals surface area contributed by atoms with Crippen molar-refractivity contribution in [1.82, 2.24) is 9.47 Å². The van der Waals surface area contributed by atoms with E-state index in [4.69, 9.17) is 11.6 Å². The Hall–Kier alpha value is -2.31. The molecule has 3 aromatic rings. The number of nitrogens with zero attached hydrogens (tertiary/aromatic N) is 2. The summed E-state index contributed by atoms with van der Waals surface area (Å²) in [6.45, 7) is 3.87. The highest BCUT2D eigenvalue weighted by molar-refractivity contribution is 7.90. The number of sulfone groups is 1. The van der Waals surface area contributed by atoms with Crippen molar-refractivity contribution in [3.8, 4) is 0 Å². The van der Waals surface area contributed by atoms with E-state index in [1.54, 1.807) is 41.1 Å². The first-order valence-corrected chi connectivity index (χ1v) is 12.2. The maximum absolute atomic E-state index is 13.2. The first kappa shape index (κ1) is 20.9. The molecular formula is C23H25ClN2O3S. The molecule has 1 aromatic heterocycles. The monoisotopic (exact) mass is 444 g/mol. The van der Waals surface area contributed by atoms with Crippen LogP contribution < -0.4 is 0 Å². The molecule has 2 aromatic carbocycles. The Morgan fingerprint density at radius 2 is 1.83 bits per heavy atom. The van der Waals surface area contributed by atoms with Crippen LogP contribution in [0.5, 0.6) is 0 Å². The summed E-state index contributed by atoms with van der Waals surface area (Å²) in [5.74, 6) is 0.533. The van der Waals surface area contributed by atoms with Gasteiger partial charge in [-0.25, -0.2) is 8.42 Å². The lowest BCUT2D eigenvalue weighted by atomic mass is 9.99. The Bertz CT molecular complexity index is 1180. The first-order valence-electron chi connectivity index (χ1n) is 10.2. The summed E-state index contributed by atoms with van der Waals surface area (Å²) in [7, 11) is -3.61. The number of aromatic nitrogens is 1. The zero-order valence-corrected chi connectivity index (χ0v) is 18.5. The molecule has 0 N–H and O–H groups in total. The predicted molar refractivity (Wildman–Crippen MR) is 119 cm³/mol. The highest BCUT2D eigenvalue weighted by atomic mass is 35.5. The third-order valence-electron chi connectivity index (χ3n) is 5.77. The zero-order chi connectivity index (χ0) is 21.3. The molecule has 158 valence electrons. The number of para-hydroxylation sites is 1. The minimum absolute atomic E-state index is 0.0291. The van der Waals surface area contributed by atoms with Gasteiger partial charge in [-0.05, 0) is 42.5 Å². The van der Waals surface area contributed by atoms with Crippen molar-refractivity contribution in [1.29, 1.82) is 0 Å². The van der Waals surface area contributed by atoms with Crippen molar-refractivity contribution in [2.75, 3.05) is 13.1 Å². The number of hydrogen-bond acceptors (Lipinski definition) is 3. The van der Waals surface area contributed by atoms with Crippen molar-refractivity contribution >= 4 is 38.2 Å². The van der Waals surface area contributed by atoms with Gasteiger partial charge in [0, 0.05) is 35.2 Å². The van der Waals surface area contributed by atoms with Crippen LogP contribution in [0.25, 0.3) is 10.9 Å². The maximum Gasteiger partial charge on any atom is 0.242 e. The molecule has 2 heterocycles. The third-order valence-corrected chi connectivity index (χ3v) is 7.72. The van der Waals surface area contributed by atoms with E-state index < -0.39 is 9.84 Å². The van der Waals surface area contributed by atoms with E-state index in [9.17, 15) is 13.2 Å². The molecule has 0 unspecified atom stereocenters. The number of fused-ring (bicyclic) bond motifs is 1. The molecule has 0 saturated carbocycles. The van der Waals surface area contributed by atoms with Gasteiger partial charge >= 0.3 is 0 Å². The smallest absolute Gasteiger partial charge is 0.242 e. The molecule has 1 aliphatic rings. The molecular weight excluding hydrogens is 420 g/mol. The van der Waals surface area contributed by atoms with Gasteiger partial charge in [-0.15, -0.1) is 0 Å². The number of likely N-dealkylation sites (tertiary alicyclic amines) is 1. The van der Waals surface area contributed by atoms with Crippen LogP contribution in [0.4, 0.5) is 0 Å². The Balaban J connectivity index is 1.64. The fourth-order valence-corrected chi connectivity index (χ4v) is 5.80. The van der Waals surface area contributed by atoms with Gasteiger partial charge in [-0.1, -0.05) is 48.9 Å². The molecule has 0 atom stereocenters. The van der Waals surface area contributed by atoms with Gasteiger partial charge in [-0.3, -0.25) is 4.79 Å². The Morgan fingerprint density at radius 1 is 1.10 bits per heavy atom. The van der Waals surface area contributed by atoms with E-state index in [0.29, 0.717) is 21.9 Å². The number of piperidine rings is 1.